The van der Waals surface area contributed by atoms with E-state index >= 15 is 0 Å². The van der Waals surface area contributed by atoms with Crippen molar-refractivity contribution in [3.63, 3.8) is 0 Å². The summed E-state index contributed by atoms with van der Waals surface area (Å²) >= 11 is 0. The molecule has 7 heteroatoms. The fourth-order valence-corrected chi connectivity index (χ4v) is 3.71. The molecule has 4 rings (SSSR count). The second kappa shape index (κ2) is 8.61. The first-order valence-electron chi connectivity index (χ1n) is 9.93. The van der Waals surface area contributed by atoms with Crippen molar-refractivity contribution in [1.82, 2.24) is 10.2 Å². The van der Waals surface area contributed by atoms with Crippen molar-refractivity contribution in [2.24, 2.45) is 0 Å². The van der Waals surface area contributed by atoms with Gasteiger partial charge in [0.25, 0.3) is 0 Å². The molecular weight excluding hydrogens is 370 g/mol. The standard InChI is InChI=1S/C22H27N3O4/c1-16(22(26)23-14-17-3-8-20-21(13-17)29-15-28-20)24-9-11-25(12-10-24)18-4-6-19(27-2)7-5-18/h3-8,13,16H,9-12,14-15H2,1-2H3,(H,23,26)/t16-/m0/s1. The molecule has 154 valence electrons. The highest BCUT2D eigenvalue weighted by atomic mass is 16.7. The van der Waals surface area contributed by atoms with Crippen molar-refractivity contribution in [3.05, 3.63) is 48.0 Å². The van der Waals surface area contributed by atoms with Gasteiger partial charge in [-0.25, -0.2) is 0 Å². The Morgan fingerprint density at radius 2 is 1.79 bits per heavy atom. The van der Waals surface area contributed by atoms with Crippen molar-refractivity contribution >= 4 is 11.6 Å². The predicted octanol–water partition coefficient (Wildman–Crippen LogP) is 2.25. The Hall–Kier alpha value is -2.93. The quantitative estimate of drug-likeness (QED) is 0.807. The molecule has 0 radical (unpaired) electrons. The molecule has 2 aliphatic heterocycles. The number of piperazine rings is 1. The number of carbonyl (C=O) groups is 1. The van der Waals surface area contributed by atoms with E-state index in [4.69, 9.17) is 14.2 Å². The number of carbonyl (C=O) groups excluding carboxylic acids is 1. The molecule has 1 amide bonds. The van der Waals surface area contributed by atoms with Crippen LogP contribution in [0.5, 0.6) is 17.2 Å². The zero-order valence-electron chi connectivity index (χ0n) is 16.9. The van der Waals surface area contributed by atoms with Gasteiger partial charge in [-0.15, -0.1) is 0 Å². The van der Waals surface area contributed by atoms with Crippen LogP contribution in [-0.4, -0.2) is 56.9 Å². The topological polar surface area (TPSA) is 63.3 Å². The molecule has 2 heterocycles. The van der Waals surface area contributed by atoms with Gasteiger partial charge >= 0.3 is 0 Å². The number of hydrogen-bond donors (Lipinski definition) is 1. The van der Waals surface area contributed by atoms with Gasteiger partial charge in [0.1, 0.15) is 5.75 Å². The lowest BCUT2D eigenvalue weighted by molar-refractivity contribution is -0.126. The van der Waals surface area contributed by atoms with Crippen molar-refractivity contribution in [1.29, 1.82) is 0 Å². The smallest absolute Gasteiger partial charge is 0.237 e. The zero-order valence-corrected chi connectivity index (χ0v) is 16.9. The molecule has 0 spiro atoms. The van der Waals surface area contributed by atoms with E-state index in [1.165, 1.54) is 5.69 Å². The third kappa shape index (κ3) is 4.40. The fourth-order valence-electron chi connectivity index (χ4n) is 3.71. The maximum atomic E-state index is 12.6. The molecule has 0 aliphatic carbocycles. The maximum Gasteiger partial charge on any atom is 0.237 e. The van der Waals surface area contributed by atoms with Crippen LogP contribution in [-0.2, 0) is 11.3 Å². The number of amides is 1. The SMILES string of the molecule is COc1ccc(N2CCN([C@@H](C)C(=O)NCc3ccc4c(c3)OCO4)CC2)cc1. The van der Waals surface area contributed by atoms with E-state index in [2.05, 4.69) is 27.2 Å². The Bertz CT molecular complexity index is 848. The van der Waals surface area contributed by atoms with Gasteiger partial charge in [-0.2, -0.15) is 0 Å². The van der Waals surface area contributed by atoms with Crippen LogP contribution >= 0.6 is 0 Å². The minimum absolute atomic E-state index is 0.0422. The normalized spacial score (nSPS) is 17.1. The summed E-state index contributed by atoms with van der Waals surface area (Å²) in [6.07, 6.45) is 0. The van der Waals surface area contributed by atoms with Gasteiger partial charge in [-0.05, 0) is 48.9 Å². The molecule has 0 saturated carbocycles. The van der Waals surface area contributed by atoms with E-state index in [1.807, 2.05) is 37.3 Å². The van der Waals surface area contributed by atoms with Gasteiger partial charge < -0.3 is 24.4 Å². The van der Waals surface area contributed by atoms with Crippen LogP contribution in [0.1, 0.15) is 12.5 Å². The number of ether oxygens (including phenoxy) is 3. The van der Waals surface area contributed by atoms with E-state index in [1.54, 1.807) is 7.11 Å². The number of fused-ring (bicyclic) bond motifs is 1. The highest BCUT2D eigenvalue weighted by molar-refractivity contribution is 5.81. The van der Waals surface area contributed by atoms with Crippen molar-refractivity contribution < 1.29 is 19.0 Å². The molecule has 1 N–H and O–H groups in total. The van der Waals surface area contributed by atoms with Gasteiger partial charge in [0.2, 0.25) is 12.7 Å². The van der Waals surface area contributed by atoms with Crippen LogP contribution in [0, 0.1) is 0 Å². The number of nitrogens with zero attached hydrogens (tertiary/aromatic N) is 2. The molecular formula is C22H27N3O4. The molecule has 0 bridgehead atoms. The number of rotatable bonds is 6. The van der Waals surface area contributed by atoms with Crippen molar-refractivity contribution in [2.45, 2.75) is 19.5 Å². The Morgan fingerprint density at radius 1 is 1.07 bits per heavy atom. The van der Waals surface area contributed by atoms with Crippen molar-refractivity contribution in [2.75, 3.05) is 45.0 Å². The molecule has 29 heavy (non-hydrogen) atoms. The van der Waals surface area contributed by atoms with Gasteiger partial charge in [0.05, 0.1) is 13.2 Å². The first-order chi connectivity index (χ1) is 14.1. The molecule has 7 nitrogen and oxygen atoms in total. The van der Waals surface area contributed by atoms with Crippen LogP contribution in [0.15, 0.2) is 42.5 Å². The lowest BCUT2D eigenvalue weighted by Crippen LogP contribution is -2.53. The summed E-state index contributed by atoms with van der Waals surface area (Å²) in [5.41, 5.74) is 2.18. The number of benzene rings is 2. The van der Waals surface area contributed by atoms with Crippen molar-refractivity contribution in [3.8, 4) is 17.2 Å². The summed E-state index contributed by atoms with van der Waals surface area (Å²) in [4.78, 5) is 17.2. The minimum Gasteiger partial charge on any atom is -0.497 e. The molecule has 1 fully saturated rings. The largest absolute Gasteiger partial charge is 0.497 e. The molecule has 2 aromatic rings. The molecule has 0 aromatic heterocycles. The Morgan fingerprint density at radius 3 is 2.52 bits per heavy atom. The summed E-state index contributed by atoms with van der Waals surface area (Å²) in [5, 5.41) is 3.04. The number of nitrogens with one attached hydrogen (secondary N) is 1. The summed E-state index contributed by atoms with van der Waals surface area (Å²) in [7, 11) is 1.67. The summed E-state index contributed by atoms with van der Waals surface area (Å²) in [6.45, 7) is 6.20. The van der Waals surface area contributed by atoms with Gasteiger partial charge in [-0.1, -0.05) is 6.07 Å². The summed E-state index contributed by atoms with van der Waals surface area (Å²) in [5.74, 6) is 2.39. The van der Waals surface area contributed by atoms with E-state index < -0.39 is 0 Å². The van der Waals surface area contributed by atoms with Gasteiger partial charge in [0.15, 0.2) is 11.5 Å². The summed E-state index contributed by atoms with van der Waals surface area (Å²) in [6, 6.07) is 13.7. The molecule has 0 unspecified atom stereocenters. The highest BCUT2D eigenvalue weighted by Gasteiger charge is 2.25. The van der Waals surface area contributed by atoms with E-state index in [-0.39, 0.29) is 18.7 Å². The van der Waals surface area contributed by atoms with Crippen LogP contribution < -0.4 is 24.4 Å². The average molecular weight is 397 g/mol. The predicted molar refractivity (Wildman–Crippen MR) is 111 cm³/mol. The average Bonchev–Trinajstić information content (AvgIpc) is 3.25. The third-order valence-electron chi connectivity index (χ3n) is 5.58. The van der Waals surface area contributed by atoms with Crippen LogP contribution in [0.4, 0.5) is 5.69 Å². The maximum absolute atomic E-state index is 12.6. The fraction of sp³-hybridized carbons (Fsp3) is 0.409. The van der Waals surface area contributed by atoms with Crippen LogP contribution in [0.25, 0.3) is 0 Å². The minimum atomic E-state index is -0.165. The number of hydrogen-bond acceptors (Lipinski definition) is 6. The lowest BCUT2D eigenvalue weighted by atomic mass is 10.1. The van der Waals surface area contributed by atoms with E-state index in [9.17, 15) is 4.79 Å². The second-order valence-corrected chi connectivity index (χ2v) is 7.30. The molecule has 2 aromatic carbocycles. The first kappa shape index (κ1) is 19.4. The lowest BCUT2D eigenvalue weighted by Gasteiger charge is -2.38. The first-order valence-corrected chi connectivity index (χ1v) is 9.93. The Kier molecular flexibility index (Phi) is 5.76. The molecule has 1 atom stereocenters. The summed E-state index contributed by atoms with van der Waals surface area (Å²) < 4.78 is 15.9. The Labute approximate surface area is 171 Å². The third-order valence-corrected chi connectivity index (χ3v) is 5.58. The van der Waals surface area contributed by atoms with Gasteiger partial charge in [0, 0.05) is 38.4 Å². The number of methoxy groups -OCH3 is 1. The second-order valence-electron chi connectivity index (χ2n) is 7.30. The molecule has 2 aliphatic rings. The number of anilines is 1. The van der Waals surface area contributed by atoms with E-state index in [0.717, 1.165) is 49.0 Å². The highest BCUT2D eigenvalue weighted by Crippen LogP contribution is 2.32. The monoisotopic (exact) mass is 397 g/mol. The van der Waals surface area contributed by atoms with Gasteiger partial charge in [-0.3, -0.25) is 9.69 Å². The van der Waals surface area contributed by atoms with Crippen LogP contribution in [0.2, 0.25) is 0 Å². The zero-order chi connectivity index (χ0) is 20.2. The Balaban J connectivity index is 1.26. The molecule has 1 saturated heterocycles. The van der Waals surface area contributed by atoms with E-state index in [0.29, 0.717) is 6.54 Å². The van der Waals surface area contributed by atoms with Crippen LogP contribution in [0.3, 0.4) is 0 Å².